The Hall–Kier alpha value is -3.59. The summed E-state index contributed by atoms with van der Waals surface area (Å²) >= 11 is 6.54. The van der Waals surface area contributed by atoms with Gasteiger partial charge in [0.05, 0.1) is 26.4 Å². The lowest BCUT2D eigenvalue weighted by molar-refractivity contribution is -0.154. The van der Waals surface area contributed by atoms with Crippen molar-refractivity contribution in [2.24, 2.45) is 0 Å². The van der Waals surface area contributed by atoms with Crippen molar-refractivity contribution in [1.29, 1.82) is 0 Å². The summed E-state index contributed by atoms with van der Waals surface area (Å²) in [7, 11) is 0. The SMILES string of the molecule is C=CCOCC(COc1c2ccccc2c(OCC(COCC=C)OC(=O)CCCCCCC)c2cc(Cl)ccc12)OC(=O)CCCCCCC. The van der Waals surface area contributed by atoms with E-state index in [0.29, 0.717) is 42.6 Å². The van der Waals surface area contributed by atoms with Crippen LogP contribution in [0.3, 0.4) is 0 Å². The molecule has 0 radical (unpaired) electrons. The molecule has 2 atom stereocenters. The molecule has 0 bridgehead atoms. The molecule has 0 saturated heterocycles. The van der Waals surface area contributed by atoms with Gasteiger partial charge in [-0.25, -0.2) is 0 Å². The highest BCUT2D eigenvalue weighted by Crippen LogP contribution is 2.44. The van der Waals surface area contributed by atoms with Crippen molar-refractivity contribution in [2.75, 3.05) is 39.6 Å². The van der Waals surface area contributed by atoms with Crippen LogP contribution in [0.15, 0.2) is 67.8 Å². The third kappa shape index (κ3) is 14.9. The van der Waals surface area contributed by atoms with Crippen LogP contribution in [-0.2, 0) is 28.5 Å². The summed E-state index contributed by atoms with van der Waals surface area (Å²) in [5.41, 5.74) is 0. The van der Waals surface area contributed by atoms with Gasteiger partial charge in [-0.3, -0.25) is 9.59 Å². The molecule has 0 saturated carbocycles. The molecule has 0 amide bonds. The molecule has 3 rings (SSSR count). The van der Waals surface area contributed by atoms with Gasteiger partial charge < -0.3 is 28.4 Å². The fourth-order valence-electron chi connectivity index (χ4n) is 5.77. The van der Waals surface area contributed by atoms with Gasteiger partial charge in [0.25, 0.3) is 0 Å². The Labute approximate surface area is 309 Å². The van der Waals surface area contributed by atoms with Crippen LogP contribution in [0.2, 0.25) is 5.02 Å². The fraction of sp³-hybridized carbons (Fsp3) is 0.524. The summed E-state index contributed by atoms with van der Waals surface area (Å²) in [6.07, 6.45) is 13.2. The molecule has 0 aromatic heterocycles. The molecule has 0 aliphatic rings. The minimum atomic E-state index is -0.630. The zero-order valence-corrected chi connectivity index (χ0v) is 31.4. The Kier molecular flexibility index (Phi) is 20.2. The Balaban J connectivity index is 1.84. The highest BCUT2D eigenvalue weighted by molar-refractivity contribution is 6.31. The summed E-state index contributed by atoms with van der Waals surface area (Å²) in [6.45, 7) is 12.9. The van der Waals surface area contributed by atoms with Gasteiger partial charge in [0.2, 0.25) is 0 Å². The lowest BCUT2D eigenvalue weighted by Crippen LogP contribution is -2.30. The van der Waals surface area contributed by atoms with Crippen LogP contribution in [0.4, 0.5) is 0 Å². The first-order chi connectivity index (χ1) is 24.9. The number of hydrogen-bond acceptors (Lipinski definition) is 8. The minimum Gasteiger partial charge on any atom is -0.488 e. The van der Waals surface area contributed by atoms with E-state index in [2.05, 4.69) is 27.0 Å². The van der Waals surface area contributed by atoms with Gasteiger partial charge in [-0.1, -0.05) is 113 Å². The molecule has 280 valence electrons. The van der Waals surface area contributed by atoms with Gasteiger partial charge in [0, 0.05) is 39.4 Å². The number of unbranched alkanes of at least 4 members (excludes halogenated alkanes) is 8. The minimum absolute atomic E-state index is 0.0711. The molecule has 3 aromatic carbocycles. The largest absolute Gasteiger partial charge is 0.488 e. The third-order valence-corrected chi connectivity index (χ3v) is 8.59. The number of hydrogen-bond donors (Lipinski definition) is 0. The second-order valence-corrected chi connectivity index (χ2v) is 13.2. The van der Waals surface area contributed by atoms with E-state index in [-0.39, 0.29) is 38.4 Å². The van der Waals surface area contributed by atoms with E-state index in [1.807, 2.05) is 36.4 Å². The normalized spacial score (nSPS) is 12.4. The predicted octanol–water partition coefficient (Wildman–Crippen LogP) is 10.4. The highest BCUT2D eigenvalue weighted by Gasteiger charge is 2.22. The quantitative estimate of drug-likeness (QED) is 0.0316. The summed E-state index contributed by atoms with van der Waals surface area (Å²) < 4.78 is 36.1. The van der Waals surface area contributed by atoms with Crippen LogP contribution in [0.25, 0.3) is 21.5 Å². The second-order valence-electron chi connectivity index (χ2n) is 12.7. The summed E-state index contributed by atoms with van der Waals surface area (Å²) in [4.78, 5) is 25.6. The predicted molar refractivity (Wildman–Crippen MR) is 206 cm³/mol. The van der Waals surface area contributed by atoms with Crippen LogP contribution < -0.4 is 9.47 Å². The first-order valence-electron chi connectivity index (χ1n) is 18.6. The van der Waals surface area contributed by atoms with Gasteiger partial charge in [0.1, 0.15) is 24.7 Å². The zero-order valence-electron chi connectivity index (χ0n) is 30.6. The molecule has 0 N–H and O–H groups in total. The Morgan fingerprint density at radius 1 is 0.627 bits per heavy atom. The number of benzene rings is 3. The molecule has 0 aliphatic heterocycles. The Morgan fingerprint density at radius 2 is 1.08 bits per heavy atom. The van der Waals surface area contributed by atoms with Gasteiger partial charge in [-0.15, -0.1) is 13.2 Å². The maximum atomic E-state index is 12.8. The smallest absolute Gasteiger partial charge is 0.306 e. The van der Waals surface area contributed by atoms with Gasteiger partial charge in [0.15, 0.2) is 12.2 Å². The van der Waals surface area contributed by atoms with Crippen molar-refractivity contribution in [3.05, 3.63) is 72.8 Å². The van der Waals surface area contributed by atoms with E-state index in [0.717, 1.165) is 85.8 Å². The van der Waals surface area contributed by atoms with Gasteiger partial charge >= 0.3 is 11.9 Å². The van der Waals surface area contributed by atoms with E-state index < -0.39 is 12.2 Å². The first kappa shape index (κ1) is 41.8. The molecule has 8 nitrogen and oxygen atoms in total. The van der Waals surface area contributed by atoms with Crippen molar-refractivity contribution in [2.45, 2.75) is 103 Å². The van der Waals surface area contributed by atoms with Crippen LogP contribution in [0.5, 0.6) is 11.5 Å². The van der Waals surface area contributed by atoms with E-state index in [9.17, 15) is 9.59 Å². The zero-order chi connectivity index (χ0) is 36.7. The van der Waals surface area contributed by atoms with Crippen molar-refractivity contribution >= 4 is 45.1 Å². The lowest BCUT2D eigenvalue weighted by atomic mass is 10.0. The number of rotatable bonds is 28. The van der Waals surface area contributed by atoms with Crippen LogP contribution in [0.1, 0.15) is 90.9 Å². The number of carbonyl (C=O) groups is 2. The molecule has 0 fully saturated rings. The van der Waals surface area contributed by atoms with Gasteiger partial charge in [-0.05, 0) is 31.0 Å². The number of ether oxygens (including phenoxy) is 6. The third-order valence-electron chi connectivity index (χ3n) is 8.36. The number of halogens is 1. The van der Waals surface area contributed by atoms with Crippen LogP contribution >= 0.6 is 11.6 Å². The molecular formula is C42H57ClO8. The fourth-order valence-corrected chi connectivity index (χ4v) is 5.94. The van der Waals surface area contributed by atoms with Crippen LogP contribution in [0, 0.1) is 0 Å². The van der Waals surface area contributed by atoms with Crippen LogP contribution in [-0.4, -0.2) is 63.8 Å². The van der Waals surface area contributed by atoms with Crippen molar-refractivity contribution in [1.82, 2.24) is 0 Å². The number of esters is 2. The molecule has 0 spiro atoms. The maximum Gasteiger partial charge on any atom is 0.306 e. The van der Waals surface area contributed by atoms with E-state index in [1.165, 1.54) is 0 Å². The van der Waals surface area contributed by atoms with E-state index in [1.54, 1.807) is 18.2 Å². The molecule has 9 heteroatoms. The molecular weight excluding hydrogens is 668 g/mol. The van der Waals surface area contributed by atoms with E-state index in [4.69, 9.17) is 40.0 Å². The van der Waals surface area contributed by atoms with Crippen molar-refractivity contribution in [3.63, 3.8) is 0 Å². The standard InChI is InChI=1S/C42H57ClO8/c1-5-9-11-13-15-21-39(44)50-33(28-46-25-7-3)30-48-41-35-19-17-18-20-36(35)42(38-27-32(43)23-24-37(38)41)49-31-34(29-47-26-8-4)51-40(45)22-16-14-12-10-6-2/h7-8,17-20,23-24,27,33-34H,3-6,9-16,21-22,25-26,28-31H2,1-2H3. The monoisotopic (exact) mass is 724 g/mol. The molecule has 3 aromatic rings. The average Bonchev–Trinajstić information content (AvgIpc) is 3.12. The lowest BCUT2D eigenvalue weighted by Gasteiger charge is -2.23. The molecule has 51 heavy (non-hydrogen) atoms. The topological polar surface area (TPSA) is 89.5 Å². The van der Waals surface area contributed by atoms with Crippen molar-refractivity contribution < 1.29 is 38.0 Å². The second kappa shape index (κ2) is 24.6. The molecule has 2 unspecified atom stereocenters. The summed E-state index contributed by atoms with van der Waals surface area (Å²) in [5, 5.41) is 3.62. The maximum absolute atomic E-state index is 12.8. The highest BCUT2D eigenvalue weighted by atomic mass is 35.5. The summed E-state index contributed by atoms with van der Waals surface area (Å²) in [6, 6.07) is 13.3. The number of carbonyl (C=O) groups excluding carboxylic acids is 2. The molecule has 0 aliphatic carbocycles. The van der Waals surface area contributed by atoms with E-state index >= 15 is 0 Å². The van der Waals surface area contributed by atoms with Gasteiger partial charge in [-0.2, -0.15) is 0 Å². The average molecular weight is 725 g/mol. The van der Waals surface area contributed by atoms with Crippen molar-refractivity contribution in [3.8, 4) is 11.5 Å². The molecule has 0 heterocycles. The summed E-state index contributed by atoms with van der Waals surface area (Å²) in [5.74, 6) is 0.651. The Morgan fingerprint density at radius 3 is 1.55 bits per heavy atom. The number of fused-ring (bicyclic) bond motifs is 2. The Bertz CT molecular complexity index is 1510. The first-order valence-corrected chi connectivity index (χ1v) is 18.9.